The fourth-order valence-electron chi connectivity index (χ4n) is 4.18. The Morgan fingerprint density at radius 2 is 1.71 bits per heavy atom. The van der Waals surface area contributed by atoms with Gasteiger partial charge in [-0.25, -0.2) is 19.4 Å². The predicted octanol–water partition coefficient (Wildman–Crippen LogP) is 0.691. The first-order chi connectivity index (χ1) is 13.5. The van der Waals surface area contributed by atoms with Crippen molar-refractivity contribution in [3.63, 3.8) is 0 Å². The largest absolute Gasteiger partial charge is 0.347 e. The Labute approximate surface area is 167 Å². The minimum absolute atomic E-state index is 0.0664. The highest BCUT2D eigenvalue weighted by atomic mass is 35.5. The van der Waals surface area contributed by atoms with Gasteiger partial charge in [-0.05, 0) is 31.7 Å². The van der Waals surface area contributed by atoms with Crippen molar-refractivity contribution in [1.29, 1.82) is 0 Å². The molecule has 10 heteroatoms. The number of piperazine rings is 1. The van der Waals surface area contributed by atoms with Crippen molar-refractivity contribution in [3.8, 4) is 0 Å². The molecule has 0 spiro atoms. The number of nitrogens with zero attached hydrogens (tertiary/aromatic N) is 7. The molecular weight excluding hydrogens is 382 g/mol. The summed E-state index contributed by atoms with van der Waals surface area (Å²) in [6.45, 7) is 3.68. The molecule has 9 nitrogen and oxygen atoms in total. The van der Waals surface area contributed by atoms with Gasteiger partial charge in [-0.1, -0.05) is 11.6 Å². The molecule has 0 unspecified atom stereocenters. The molecule has 0 atom stereocenters. The lowest BCUT2D eigenvalue weighted by Crippen LogP contribution is -2.52. The van der Waals surface area contributed by atoms with Crippen LogP contribution in [0.15, 0.2) is 28.0 Å². The van der Waals surface area contributed by atoms with Crippen molar-refractivity contribution in [2.75, 3.05) is 31.1 Å². The number of hydrogen-bond donors (Lipinski definition) is 0. The standard InChI is InChI=1S/C18H24ClN7O2/c1-23-16(27)12-21-26(18(23)28)14-4-2-13(3-5-14)24-8-10-25(11-9-24)17-20-7-6-15(19)22-17/h6-7,12-14H,2-5,8-11H2,1H3. The van der Waals surface area contributed by atoms with Crippen LogP contribution in [0.3, 0.4) is 0 Å². The van der Waals surface area contributed by atoms with Crippen LogP contribution in [-0.4, -0.2) is 61.4 Å². The van der Waals surface area contributed by atoms with E-state index in [2.05, 4.69) is 24.9 Å². The van der Waals surface area contributed by atoms with Crippen molar-refractivity contribution in [2.24, 2.45) is 7.05 Å². The lowest BCUT2D eigenvalue weighted by atomic mass is 9.90. The van der Waals surface area contributed by atoms with E-state index < -0.39 is 0 Å². The topological polar surface area (TPSA) is 89.2 Å². The highest BCUT2D eigenvalue weighted by Crippen LogP contribution is 2.30. The van der Waals surface area contributed by atoms with Gasteiger partial charge >= 0.3 is 5.69 Å². The maximum absolute atomic E-state index is 12.3. The highest BCUT2D eigenvalue weighted by Gasteiger charge is 2.30. The van der Waals surface area contributed by atoms with Gasteiger partial charge in [0.05, 0.1) is 6.04 Å². The molecule has 1 saturated heterocycles. The molecule has 1 saturated carbocycles. The van der Waals surface area contributed by atoms with Gasteiger partial charge in [-0.2, -0.15) is 5.10 Å². The van der Waals surface area contributed by atoms with Crippen molar-refractivity contribution in [2.45, 2.75) is 37.8 Å². The molecule has 0 aromatic carbocycles. The second-order valence-electron chi connectivity index (χ2n) is 7.43. The lowest BCUT2D eigenvalue weighted by molar-refractivity contribution is 0.125. The van der Waals surface area contributed by atoms with Crippen molar-refractivity contribution >= 4 is 17.5 Å². The monoisotopic (exact) mass is 405 g/mol. The van der Waals surface area contributed by atoms with E-state index in [1.54, 1.807) is 12.3 Å². The molecule has 0 radical (unpaired) electrons. The average molecular weight is 406 g/mol. The van der Waals surface area contributed by atoms with Crippen molar-refractivity contribution in [3.05, 3.63) is 44.5 Å². The SMILES string of the molecule is Cn1c(=O)cnn(C2CCC(N3CCN(c4nccc(Cl)n4)CC3)CC2)c1=O. The maximum atomic E-state index is 12.3. The summed E-state index contributed by atoms with van der Waals surface area (Å²) in [5.74, 6) is 0.691. The third kappa shape index (κ3) is 3.81. The third-order valence-electron chi connectivity index (χ3n) is 5.84. The zero-order valence-corrected chi connectivity index (χ0v) is 16.6. The van der Waals surface area contributed by atoms with Crippen LogP contribution in [-0.2, 0) is 7.05 Å². The molecule has 28 heavy (non-hydrogen) atoms. The van der Waals surface area contributed by atoms with Crippen LogP contribution in [0.4, 0.5) is 5.95 Å². The first-order valence-electron chi connectivity index (χ1n) is 9.65. The van der Waals surface area contributed by atoms with Crippen LogP contribution in [0, 0.1) is 0 Å². The quantitative estimate of drug-likeness (QED) is 0.694. The van der Waals surface area contributed by atoms with Gasteiger partial charge in [-0.3, -0.25) is 14.3 Å². The van der Waals surface area contributed by atoms with Gasteiger partial charge in [0.2, 0.25) is 5.95 Å². The summed E-state index contributed by atoms with van der Waals surface area (Å²) in [5.41, 5.74) is -0.692. The molecular formula is C18H24ClN7O2. The summed E-state index contributed by atoms with van der Waals surface area (Å²) in [7, 11) is 1.50. The van der Waals surface area contributed by atoms with Gasteiger partial charge < -0.3 is 4.90 Å². The fourth-order valence-corrected chi connectivity index (χ4v) is 4.31. The third-order valence-corrected chi connectivity index (χ3v) is 6.05. The fraction of sp³-hybridized carbons (Fsp3) is 0.611. The molecule has 1 aliphatic carbocycles. The van der Waals surface area contributed by atoms with E-state index in [0.717, 1.165) is 56.4 Å². The zero-order chi connectivity index (χ0) is 19.7. The molecule has 2 fully saturated rings. The normalized spacial score (nSPS) is 23.7. The summed E-state index contributed by atoms with van der Waals surface area (Å²) in [5, 5.41) is 4.54. The van der Waals surface area contributed by atoms with Crippen LogP contribution < -0.4 is 16.1 Å². The summed E-state index contributed by atoms with van der Waals surface area (Å²) in [4.78, 5) is 37.1. The van der Waals surface area contributed by atoms with Crippen LogP contribution in [0.25, 0.3) is 0 Å². The van der Waals surface area contributed by atoms with E-state index in [9.17, 15) is 9.59 Å². The second kappa shape index (κ2) is 8.00. The molecule has 1 aliphatic heterocycles. The van der Waals surface area contributed by atoms with Gasteiger partial charge in [0, 0.05) is 45.5 Å². The minimum Gasteiger partial charge on any atom is -0.338 e. The average Bonchev–Trinajstić information content (AvgIpc) is 2.73. The zero-order valence-electron chi connectivity index (χ0n) is 15.9. The molecule has 0 bridgehead atoms. The molecule has 2 aliphatic rings. The molecule has 3 heterocycles. The highest BCUT2D eigenvalue weighted by molar-refractivity contribution is 6.29. The molecule has 2 aromatic rings. The van der Waals surface area contributed by atoms with E-state index in [1.807, 2.05) is 0 Å². The smallest absolute Gasteiger partial charge is 0.338 e. The Bertz CT molecular complexity index is 943. The summed E-state index contributed by atoms with van der Waals surface area (Å²) in [6, 6.07) is 2.27. The van der Waals surface area contributed by atoms with E-state index in [-0.39, 0.29) is 17.3 Å². The van der Waals surface area contributed by atoms with Gasteiger partial charge in [0.15, 0.2) is 0 Å². The van der Waals surface area contributed by atoms with E-state index in [4.69, 9.17) is 11.6 Å². The van der Waals surface area contributed by atoms with E-state index in [0.29, 0.717) is 17.1 Å². The molecule has 150 valence electrons. The Kier molecular flexibility index (Phi) is 5.45. The first kappa shape index (κ1) is 19.1. The Balaban J connectivity index is 1.33. The summed E-state index contributed by atoms with van der Waals surface area (Å²) >= 11 is 5.97. The van der Waals surface area contributed by atoms with Gasteiger partial charge in [-0.15, -0.1) is 0 Å². The summed E-state index contributed by atoms with van der Waals surface area (Å²) in [6.07, 6.45) is 6.75. The van der Waals surface area contributed by atoms with Crippen molar-refractivity contribution < 1.29 is 0 Å². The number of aromatic nitrogens is 5. The number of anilines is 1. The number of rotatable bonds is 3. The Morgan fingerprint density at radius 3 is 2.39 bits per heavy atom. The van der Waals surface area contributed by atoms with Crippen LogP contribution >= 0.6 is 11.6 Å². The van der Waals surface area contributed by atoms with Crippen LogP contribution in [0.1, 0.15) is 31.7 Å². The van der Waals surface area contributed by atoms with Crippen molar-refractivity contribution in [1.82, 2.24) is 29.2 Å². The molecule has 4 rings (SSSR count). The van der Waals surface area contributed by atoms with Crippen LogP contribution in [0.5, 0.6) is 0 Å². The minimum atomic E-state index is -0.364. The van der Waals surface area contributed by atoms with E-state index >= 15 is 0 Å². The first-order valence-corrected chi connectivity index (χ1v) is 10.0. The Morgan fingerprint density at radius 1 is 1.04 bits per heavy atom. The van der Waals surface area contributed by atoms with E-state index in [1.165, 1.54) is 17.9 Å². The maximum Gasteiger partial charge on any atom is 0.347 e. The molecule has 2 aromatic heterocycles. The van der Waals surface area contributed by atoms with Gasteiger partial charge in [0.25, 0.3) is 5.56 Å². The predicted molar refractivity (Wildman–Crippen MR) is 106 cm³/mol. The van der Waals surface area contributed by atoms with Gasteiger partial charge in [0.1, 0.15) is 11.3 Å². The lowest BCUT2D eigenvalue weighted by Gasteiger charge is -2.42. The second-order valence-corrected chi connectivity index (χ2v) is 7.82. The molecule has 0 N–H and O–H groups in total. The number of hydrogen-bond acceptors (Lipinski definition) is 7. The Hall–Kier alpha value is -2.26. The summed E-state index contributed by atoms with van der Waals surface area (Å²) < 4.78 is 2.60. The van der Waals surface area contributed by atoms with Crippen LogP contribution in [0.2, 0.25) is 5.15 Å². The number of halogens is 1. The molecule has 0 amide bonds.